The number of benzene rings is 1. The second-order valence-corrected chi connectivity index (χ2v) is 5.21. The van der Waals surface area contributed by atoms with Gasteiger partial charge in [0, 0.05) is 0 Å². The minimum Gasteiger partial charge on any atom is -0.274 e. The molecule has 3 heteroatoms. The molecule has 1 aromatic rings. The van der Waals surface area contributed by atoms with Crippen molar-refractivity contribution in [2.75, 3.05) is 4.90 Å². The van der Waals surface area contributed by atoms with Gasteiger partial charge < -0.3 is 0 Å². The molecule has 3 rings (SSSR count). The number of amides is 2. The van der Waals surface area contributed by atoms with E-state index in [2.05, 4.69) is 13.8 Å². The first-order chi connectivity index (χ1) is 8.09. The molecule has 1 aliphatic heterocycles. The topological polar surface area (TPSA) is 37.4 Å². The Hall–Kier alpha value is -1.64. The summed E-state index contributed by atoms with van der Waals surface area (Å²) >= 11 is 0. The molecular weight excluding hydrogens is 214 g/mol. The van der Waals surface area contributed by atoms with Gasteiger partial charge in [0.1, 0.15) is 0 Å². The van der Waals surface area contributed by atoms with Gasteiger partial charge in [-0.2, -0.15) is 0 Å². The van der Waals surface area contributed by atoms with Crippen LogP contribution in [0.4, 0.5) is 5.69 Å². The molecule has 3 nitrogen and oxygen atoms in total. The fraction of sp³-hybridized carbons (Fsp3) is 0.429. The van der Waals surface area contributed by atoms with Crippen LogP contribution in [0.15, 0.2) is 24.3 Å². The maximum Gasteiger partial charge on any atom is 0.237 e. The van der Waals surface area contributed by atoms with E-state index >= 15 is 0 Å². The Morgan fingerprint density at radius 3 is 2.06 bits per heavy atom. The fourth-order valence-corrected chi connectivity index (χ4v) is 2.44. The third-order valence-corrected chi connectivity index (χ3v) is 3.68. The first-order valence-electron chi connectivity index (χ1n) is 6.07. The lowest BCUT2D eigenvalue weighted by Crippen LogP contribution is -2.32. The van der Waals surface area contributed by atoms with Crippen LogP contribution in [-0.4, -0.2) is 11.8 Å². The predicted molar refractivity (Wildman–Crippen MR) is 64.6 cm³/mol. The van der Waals surface area contributed by atoms with Crippen LogP contribution in [0.1, 0.15) is 31.7 Å². The number of anilines is 1. The van der Waals surface area contributed by atoms with Crippen molar-refractivity contribution >= 4 is 17.5 Å². The molecule has 17 heavy (non-hydrogen) atoms. The van der Waals surface area contributed by atoms with Gasteiger partial charge in [-0.05, 0) is 30.0 Å². The third kappa shape index (κ3) is 1.49. The van der Waals surface area contributed by atoms with E-state index < -0.39 is 0 Å². The van der Waals surface area contributed by atoms with E-state index in [1.807, 2.05) is 24.3 Å². The number of carbonyl (C=O) groups excluding carboxylic acids is 2. The highest BCUT2D eigenvalue weighted by atomic mass is 16.2. The number of hydrogen-bond acceptors (Lipinski definition) is 2. The Bertz CT molecular complexity index is 469. The molecule has 0 unspecified atom stereocenters. The maximum atomic E-state index is 11.9. The molecule has 1 saturated carbocycles. The van der Waals surface area contributed by atoms with E-state index in [1.165, 1.54) is 10.5 Å². The van der Waals surface area contributed by atoms with Gasteiger partial charge in [-0.1, -0.05) is 26.0 Å². The first-order valence-corrected chi connectivity index (χ1v) is 6.07. The molecule has 0 aromatic heterocycles. The van der Waals surface area contributed by atoms with Crippen molar-refractivity contribution < 1.29 is 9.59 Å². The molecule has 1 saturated heterocycles. The summed E-state index contributed by atoms with van der Waals surface area (Å²) in [5.74, 6) is 0.386. The number of fused-ring (bicyclic) bond motifs is 1. The highest BCUT2D eigenvalue weighted by Crippen LogP contribution is 2.48. The molecule has 2 amide bonds. The van der Waals surface area contributed by atoms with Crippen molar-refractivity contribution in [2.24, 2.45) is 11.8 Å². The lowest BCUT2D eigenvalue weighted by molar-refractivity contribution is -0.123. The van der Waals surface area contributed by atoms with Crippen LogP contribution in [0.2, 0.25) is 0 Å². The normalized spacial score (nSPS) is 26.6. The van der Waals surface area contributed by atoms with Gasteiger partial charge in [-0.25, -0.2) is 0 Å². The molecule has 2 fully saturated rings. The predicted octanol–water partition coefficient (Wildman–Crippen LogP) is 2.32. The Morgan fingerprint density at radius 2 is 1.59 bits per heavy atom. The zero-order valence-corrected chi connectivity index (χ0v) is 10.0. The second kappa shape index (κ2) is 3.42. The summed E-state index contributed by atoms with van der Waals surface area (Å²) in [4.78, 5) is 25.1. The Labute approximate surface area is 100 Å². The molecule has 0 radical (unpaired) electrons. The summed E-state index contributed by atoms with van der Waals surface area (Å²) in [6.45, 7) is 4.24. The quantitative estimate of drug-likeness (QED) is 0.730. The highest BCUT2D eigenvalue weighted by molar-refractivity contribution is 6.24. The molecule has 1 aromatic carbocycles. The number of carbonyl (C=O) groups is 2. The van der Waals surface area contributed by atoms with Gasteiger partial charge >= 0.3 is 0 Å². The zero-order valence-electron chi connectivity index (χ0n) is 10.0. The number of hydrogen-bond donors (Lipinski definition) is 0. The van der Waals surface area contributed by atoms with Gasteiger partial charge in [0.25, 0.3) is 0 Å². The monoisotopic (exact) mass is 229 g/mol. The van der Waals surface area contributed by atoms with Gasteiger partial charge in [0.2, 0.25) is 11.8 Å². The fourth-order valence-electron chi connectivity index (χ4n) is 2.44. The first kappa shape index (κ1) is 10.5. The van der Waals surface area contributed by atoms with Crippen molar-refractivity contribution in [3.8, 4) is 0 Å². The van der Waals surface area contributed by atoms with Crippen molar-refractivity contribution in [2.45, 2.75) is 26.2 Å². The maximum absolute atomic E-state index is 11.9. The van der Waals surface area contributed by atoms with Crippen LogP contribution < -0.4 is 4.90 Å². The molecular formula is C14H15NO2. The Balaban J connectivity index is 1.90. The van der Waals surface area contributed by atoms with E-state index in [4.69, 9.17) is 0 Å². The summed E-state index contributed by atoms with van der Waals surface area (Å²) in [5, 5.41) is 0. The molecule has 1 heterocycles. The number of rotatable bonds is 2. The van der Waals surface area contributed by atoms with Crippen LogP contribution in [0.5, 0.6) is 0 Å². The highest BCUT2D eigenvalue weighted by Gasteiger charge is 2.59. The SMILES string of the molecule is CC(C)c1ccc(N2C(=O)[C@H]3C[C@H]3C2=O)cc1. The zero-order chi connectivity index (χ0) is 12.2. The molecule has 1 aliphatic carbocycles. The Kier molecular flexibility index (Phi) is 2.12. The largest absolute Gasteiger partial charge is 0.274 e. The molecule has 0 bridgehead atoms. The summed E-state index contributed by atoms with van der Waals surface area (Å²) in [6.07, 6.45) is 0.762. The van der Waals surface area contributed by atoms with E-state index in [1.54, 1.807) is 0 Å². The smallest absolute Gasteiger partial charge is 0.237 e. The number of piperidine rings is 1. The average Bonchev–Trinajstić information content (AvgIpc) is 3.05. The molecule has 0 spiro atoms. The van der Waals surface area contributed by atoms with Crippen LogP contribution in [0.25, 0.3) is 0 Å². The lowest BCUT2D eigenvalue weighted by atomic mass is 10.0. The minimum absolute atomic E-state index is 0.0164. The summed E-state index contributed by atoms with van der Waals surface area (Å²) < 4.78 is 0. The summed E-state index contributed by atoms with van der Waals surface area (Å²) in [6, 6.07) is 7.72. The number of imide groups is 1. The van der Waals surface area contributed by atoms with E-state index in [0.717, 1.165) is 12.1 Å². The van der Waals surface area contributed by atoms with Crippen molar-refractivity contribution in [3.63, 3.8) is 0 Å². The van der Waals surface area contributed by atoms with Crippen LogP contribution in [0, 0.1) is 11.8 Å². The van der Waals surface area contributed by atoms with E-state index in [9.17, 15) is 9.59 Å². The molecule has 2 aliphatic rings. The third-order valence-electron chi connectivity index (χ3n) is 3.68. The van der Waals surface area contributed by atoms with Crippen molar-refractivity contribution in [1.82, 2.24) is 0 Å². The molecule has 88 valence electrons. The van der Waals surface area contributed by atoms with E-state index in [-0.39, 0.29) is 23.7 Å². The van der Waals surface area contributed by atoms with Crippen molar-refractivity contribution in [3.05, 3.63) is 29.8 Å². The van der Waals surface area contributed by atoms with Crippen molar-refractivity contribution in [1.29, 1.82) is 0 Å². The number of nitrogens with zero attached hydrogens (tertiary/aromatic N) is 1. The lowest BCUT2D eigenvalue weighted by Gasteiger charge is -2.17. The minimum atomic E-state index is -0.0210. The van der Waals surface area contributed by atoms with Crippen LogP contribution in [0.3, 0.4) is 0 Å². The Morgan fingerprint density at radius 1 is 1.06 bits per heavy atom. The van der Waals surface area contributed by atoms with Gasteiger partial charge in [-0.3, -0.25) is 14.5 Å². The van der Waals surface area contributed by atoms with Gasteiger partial charge in [-0.15, -0.1) is 0 Å². The van der Waals surface area contributed by atoms with Crippen LogP contribution >= 0.6 is 0 Å². The summed E-state index contributed by atoms with van der Waals surface area (Å²) in [7, 11) is 0. The summed E-state index contributed by atoms with van der Waals surface area (Å²) in [5.41, 5.74) is 1.94. The van der Waals surface area contributed by atoms with Gasteiger partial charge in [0.15, 0.2) is 0 Å². The molecule has 0 N–H and O–H groups in total. The standard InChI is InChI=1S/C14H15NO2/c1-8(2)9-3-5-10(6-4-9)15-13(16)11-7-12(11)14(15)17/h3-6,8,11-12H,7H2,1-2H3/t11-,12+. The van der Waals surface area contributed by atoms with Gasteiger partial charge in [0.05, 0.1) is 17.5 Å². The van der Waals surface area contributed by atoms with Crippen LogP contribution in [-0.2, 0) is 9.59 Å². The molecule has 2 atom stereocenters. The second-order valence-electron chi connectivity index (χ2n) is 5.21. The van der Waals surface area contributed by atoms with E-state index in [0.29, 0.717) is 5.92 Å². The average molecular weight is 229 g/mol.